The van der Waals surface area contributed by atoms with Crippen LogP contribution in [0.25, 0.3) is 0 Å². The molecule has 2 N–H and O–H groups in total. The van der Waals surface area contributed by atoms with Crippen molar-refractivity contribution in [3.05, 3.63) is 0 Å². The second-order valence-electron chi connectivity index (χ2n) is 2.37. The molecule has 0 spiro atoms. The number of rotatable bonds is 1. The van der Waals surface area contributed by atoms with Crippen molar-refractivity contribution >= 4 is 5.97 Å². The number of esters is 1. The number of β-amino-alcohol motifs (C(OH)–C–C–N with tert-alkyl or cyclic N) is 1. The summed E-state index contributed by atoms with van der Waals surface area (Å²) >= 11 is 0. The lowest BCUT2D eigenvalue weighted by Gasteiger charge is -2.05. The average Bonchev–Trinajstić information content (AvgIpc) is 2.34. The molecule has 1 rings (SSSR count). The highest BCUT2D eigenvalue weighted by Crippen LogP contribution is 2.06. The van der Waals surface area contributed by atoms with Crippen LogP contribution >= 0.6 is 0 Å². The van der Waals surface area contributed by atoms with Gasteiger partial charge in [0.15, 0.2) is 0 Å². The molecule has 4 nitrogen and oxygen atoms in total. The van der Waals surface area contributed by atoms with E-state index in [0.717, 1.165) is 0 Å². The highest BCUT2D eigenvalue weighted by molar-refractivity contribution is 5.76. The van der Waals surface area contributed by atoms with E-state index in [0.29, 0.717) is 13.0 Å². The summed E-state index contributed by atoms with van der Waals surface area (Å²) in [4.78, 5) is 10.8. The lowest BCUT2D eigenvalue weighted by molar-refractivity contribution is -0.142. The van der Waals surface area contributed by atoms with Crippen LogP contribution in [0, 0.1) is 0 Å². The summed E-state index contributed by atoms with van der Waals surface area (Å²) < 4.78 is 4.47. The monoisotopic (exact) mass is 180 g/mol. The van der Waals surface area contributed by atoms with Crippen molar-refractivity contribution in [1.82, 2.24) is 5.32 Å². The molecule has 1 aliphatic heterocycles. The van der Waals surface area contributed by atoms with Gasteiger partial charge in [-0.15, -0.1) is 0 Å². The van der Waals surface area contributed by atoms with Gasteiger partial charge in [0.05, 0.1) is 13.2 Å². The Hall–Kier alpha value is -0.320. The van der Waals surface area contributed by atoms with E-state index in [2.05, 4.69) is 10.1 Å². The summed E-state index contributed by atoms with van der Waals surface area (Å²) in [6, 6.07) is -0.306. The Balaban J connectivity index is 0.000001000. The first-order chi connectivity index (χ1) is 4.74. The fraction of sp³-hybridized carbons (Fsp3) is 0.833. The molecular formula is C6H11ClNO3-. The molecule has 0 aromatic rings. The lowest BCUT2D eigenvalue weighted by Crippen LogP contribution is -3.00. The van der Waals surface area contributed by atoms with E-state index in [1.165, 1.54) is 7.11 Å². The summed E-state index contributed by atoms with van der Waals surface area (Å²) in [5, 5.41) is 11.8. The number of hydrogen-bond donors (Lipinski definition) is 2. The van der Waals surface area contributed by atoms with E-state index in [1.807, 2.05) is 0 Å². The van der Waals surface area contributed by atoms with Crippen LogP contribution in [0.4, 0.5) is 0 Å². The Bertz CT molecular complexity index is 142. The summed E-state index contributed by atoms with van der Waals surface area (Å²) in [6.45, 7) is 0.486. The zero-order valence-electron chi connectivity index (χ0n) is 6.21. The van der Waals surface area contributed by atoms with Gasteiger partial charge in [-0.3, -0.25) is 4.79 Å². The van der Waals surface area contributed by atoms with Crippen molar-refractivity contribution < 1.29 is 27.0 Å². The fourth-order valence-electron chi connectivity index (χ4n) is 1.04. The molecule has 11 heavy (non-hydrogen) atoms. The number of halogens is 1. The molecule has 2 atom stereocenters. The van der Waals surface area contributed by atoms with Gasteiger partial charge in [-0.25, -0.2) is 0 Å². The maximum Gasteiger partial charge on any atom is 0.322 e. The van der Waals surface area contributed by atoms with E-state index in [9.17, 15) is 4.79 Å². The average molecular weight is 181 g/mol. The molecule has 5 heteroatoms. The van der Waals surface area contributed by atoms with Gasteiger partial charge in [-0.2, -0.15) is 0 Å². The van der Waals surface area contributed by atoms with E-state index < -0.39 is 6.10 Å². The van der Waals surface area contributed by atoms with Crippen molar-refractivity contribution in [2.75, 3.05) is 13.7 Å². The molecular weight excluding hydrogens is 170 g/mol. The number of carbonyl (C=O) groups excluding carboxylic acids is 1. The highest BCUT2D eigenvalue weighted by Gasteiger charge is 2.28. The first kappa shape index (κ1) is 10.7. The SMILES string of the molecule is COC(=O)C1CC(O)CN1.[Cl-]. The molecule has 0 radical (unpaired) electrons. The van der Waals surface area contributed by atoms with Gasteiger partial charge in [0.1, 0.15) is 6.04 Å². The molecule has 1 saturated heterocycles. The van der Waals surface area contributed by atoms with Crippen molar-refractivity contribution in [1.29, 1.82) is 0 Å². The molecule has 2 unspecified atom stereocenters. The second kappa shape index (κ2) is 4.54. The van der Waals surface area contributed by atoms with E-state index in [-0.39, 0.29) is 24.4 Å². The first-order valence-corrected chi connectivity index (χ1v) is 3.23. The summed E-state index contributed by atoms with van der Waals surface area (Å²) in [6.07, 6.45) is 0.0660. The third-order valence-corrected chi connectivity index (χ3v) is 1.59. The minimum Gasteiger partial charge on any atom is -1.00 e. The van der Waals surface area contributed by atoms with Gasteiger partial charge in [0.2, 0.25) is 0 Å². The molecule has 0 aromatic carbocycles. The van der Waals surface area contributed by atoms with Crippen LogP contribution in [0.1, 0.15) is 6.42 Å². The van der Waals surface area contributed by atoms with Crippen LogP contribution in [0.5, 0.6) is 0 Å². The number of aliphatic hydroxyl groups is 1. The highest BCUT2D eigenvalue weighted by atomic mass is 35.5. The molecule has 0 amide bonds. The molecule has 66 valence electrons. The van der Waals surface area contributed by atoms with Crippen LogP contribution in [0.2, 0.25) is 0 Å². The third kappa shape index (κ3) is 2.65. The third-order valence-electron chi connectivity index (χ3n) is 1.59. The predicted molar refractivity (Wildman–Crippen MR) is 34.4 cm³/mol. The largest absolute Gasteiger partial charge is 1.00 e. The number of aliphatic hydroxyl groups excluding tert-OH is 1. The zero-order chi connectivity index (χ0) is 7.56. The Morgan fingerprint density at radius 3 is 2.73 bits per heavy atom. The maximum atomic E-state index is 10.8. The number of ether oxygens (including phenoxy) is 1. The maximum absolute atomic E-state index is 10.8. The van der Waals surface area contributed by atoms with Gasteiger partial charge in [0.25, 0.3) is 0 Å². The molecule has 0 aliphatic carbocycles. The van der Waals surface area contributed by atoms with Crippen molar-refractivity contribution in [2.24, 2.45) is 0 Å². The Labute approximate surface area is 71.3 Å². The van der Waals surface area contributed by atoms with Gasteiger partial charge >= 0.3 is 5.97 Å². The number of methoxy groups -OCH3 is 1. The summed E-state index contributed by atoms with van der Waals surface area (Å²) in [5.74, 6) is -0.295. The second-order valence-corrected chi connectivity index (χ2v) is 2.37. The quantitative estimate of drug-likeness (QED) is 0.403. The summed E-state index contributed by atoms with van der Waals surface area (Å²) in [7, 11) is 1.34. The van der Waals surface area contributed by atoms with Crippen LogP contribution in [-0.4, -0.2) is 36.9 Å². The molecule has 1 aliphatic rings. The van der Waals surface area contributed by atoms with E-state index >= 15 is 0 Å². The van der Waals surface area contributed by atoms with Gasteiger partial charge in [-0.1, -0.05) is 0 Å². The standard InChI is InChI=1S/C6H11NO3.ClH/c1-10-6(9)5-2-4(8)3-7-5;/h4-5,7-8H,2-3H2,1H3;1H/p-1. The normalized spacial score (nSPS) is 29.3. The molecule has 0 bridgehead atoms. The van der Waals surface area contributed by atoms with Crippen molar-refractivity contribution in [3.8, 4) is 0 Å². The van der Waals surface area contributed by atoms with Crippen molar-refractivity contribution in [3.63, 3.8) is 0 Å². The van der Waals surface area contributed by atoms with Crippen molar-refractivity contribution in [2.45, 2.75) is 18.6 Å². The van der Waals surface area contributed by atoms with Gasteiger partial charge in [0, 0.05) is 13.0 Å². The minimum absolute atomic E-state index is 0. The zero-order valence-corrected chi connectivity index (χ0v) is 6.97. The number of carbonyl (C=O) groups is 1. The molecule has 1 heterocycles. The minimum atomic E-state index is -0.399. The predicted octanol–water partition coefficient (Wildman–Crippen LogP) is -4.11. The van der Waals surface area contributed by atoms with Gasteiger partial charge in [-0.05, 0) is 0 Å². The van der Waals surface area contributed by atoms with Crippen LogP contribution in [0.3, 0.4) is 0 Å². The number of nitrogens with one attached hydrogen (secondary N) is 1. The Morgan fingerprint density at radius 2 is 2.36 bits per heavy atom. The van der Waals surface area contributed by atoms with Crippen LogP contribution in [0.15, 0.2) is 0 Å². The molecule has 1 fully saturated rings. The lowest BCUT2D eigenvalue weighted by atomic mass is 10.2. The summed E-state index contributed by atoms with van der Waals surface area (Å²) in [5.41, 5.74) is 0. The topological polar surface area (TPSA) is 58.6 Å². The van der Waals surface area contributed by atoms with E-state index in [4.69, 9.17) is 5.11 Å². The Kier molecular flexibility index (Phi) is 4.40. The van der Waals surface area contributed by atoms with Gasteiger partial charge < -0.3 is 27.6 Å². The van der Waals surface area contributed by atoms with Crippen LogP contribution < -0.4 is 17.7 Å². The van der Waals surface area contributed by atoms with E-state index in [1.54, 1.807) is 0 Å². The number of hydrogen-bond acceptors (Lipinski definition) is 4. The Morgan fingerprint density at radius 1 is 1.73 bits per heavy atom. The molecule has 0 saturated carbocycles. The van der Waals surface area contributed by atoms with Crippen LogP contribution in [-0.2, 0) is 9.53 Å². The molecule has 0 aromatic heterocycles. The smallest absolute Gasteiger partial charge is 0.322 e. The fourth-order valence-corrected chi connectivity index (χ4v) is 1.04. The first-order valence-electron chi connectivity index (χ1n) is 3.23.